The highest BCUT2D eigenvalue weighted by atomic mass is 16.3. The molecule has 2 aliphatic rings. The maximum Gasteiger partial charge on any atom is 0.213 e. The number of nitrogens with zero attached hydrogens (tertiary/aromatic N) is 2. The van der Waals surface area contributed by atoms with Crippen LogP contribution < -0.4 is 0 Å². The zero-order valence-electron chi connectivity index (χ0n) is 33.2. The summed E-state index contributed by atoms with van der Waals surface area (Å²) in [5.74, 6) is 0. The van der Waals surface area contributed by atoms with Gasteiger partial charge in [-0.05, 0) is 104 Å². The third kappa shape index (κ3) is 3.96. The van der Waals surface area contributed by atoms with Crippen LogP contribution in [0.25, 0.3) is 116 Å². The van der Waals surface area contributed by atoms with Crippen molar-refractivity contribution >= 4 is 76.6 Å². The van der Waals surface area contributed by atoms with E-state index in [4.69, 9.17) is 13.8 Å². The van der Waals surface area contributed by atoms with Crippen LogP contribution in [0.2, 0.25) is 0 Å². The molecule has 286 valence electrons. The summed E-state index contributed by atoms with van der Waals surface area (Å²) in [5.41, 5.74) is 18.5. The summed E-state index contributed by atoms with van der Waals surface area (Å²) >= 11 is 0. The van der Waals surface area contributed by atoms with Crippen molar-refractivity contribution in [3.8, 4) is 39.2 Å². The molecule has 4 heterocycles. The van der Waals surface area contributed by atoms with Crippen molar-refractivity contribution in [3.05, 3.63) is 216 Å². The zero-order chi connectivity index (χ0) is 40.3. The van der Waals surface area contributed by atoms with E-state index in [-0.39, 0.29) is 0 Å². The van der Waals surface area contributed by atoms with E-state index in [0.29, 0.717) is 0 Å². The van der Waals surface area contributed by atoms with E-state index in [0.717, 1.165) is 88.1 Å². The van der Waals surface area contributed by atoms with E-state index in [2.05, 4.69) is 180 Å². The number of furan rings is 2. The van der Waals surface area contributed by atoms with Crippen molar-refractivity contribution in [2.45, 2.75) is 5.41 Å². The lowest BCUT2D eigenvalue weighted by Gasteiger charge is -2.30. The molecule has 62 heavy (non-hydrogen) atoms. The van der Waals surface area contributed by atoms with Crippen LogP contribution in [-0.4, -0.2) is 9.55 Å². The molecule has 2 aliphatic carbocycles. The molecule has 9 aromatic carbocycles. The van der Waals surface area contributed by atoms with Gasteiger partial charge in [0.15, 0.2) is 0 Å². The van der Waals surface area contributed by atoms with Crippen molar-refractivity contribution in [1.29, 1.82) is 0 Å². The van der Waals surface area contributed by atoms with Gasteiger partial charge < -0.3 is 8.83 Å². The lowest BCUT2D eigenvalue weighted by atomic mass is 9.70. The van der Waals surface area contributed by atoms with E-state index in [9.17, 15) is 0 Å². The first-order valence-corrected chi connectivity index (χ1v) is 21.3. The first kappa shape index (κ1) is 32.6. The predicted octanol–water partition coefficient (Wildman–Crippen LogP) is 15.1. The Hall–Kier alpha value is -8.21. The highest BCUT2D eigenvalue weighted by Gasteiger charge is 2.51. The van der Waals surface area contributed by atoms with Gasteiger partial charge in [0.05, 0.1) is 27.5 Å². The molecule has 0 bridgehead atoms. The molecule has 15 rings (SSSR count). The minimum atomic E-state index is -0.434. The van der Waals surface area contributed by atoms with Crippen LogP contribution in [0.3, 0.4) is 0 Å². The van der Waals surface area contributed by atoms with Gasteiger partial charge in [0.2, 0.25) is 5.71 Å². The fourth-order valence-electron chi connectivity index (χ4n) is 11.5. The van der Waals surface area contributed by atoms with Gasteiger partial charge in [-0.3, -0.25) is 4.57 Å². The van der Waals surface area contributed by atoms with Crippen molar-refractivity contribution in [2.75, 3.05) is 0 Å². The van der Waals surface area contributed by atoms with E-state index < -0.39 is 5.41 Å². The third-order valence-corrected chi connectivity index (χ3v) is 14.0. The fraction of sp³-hybridized carbons (Fsp3) is 0.0172. The van der Waals surface area contributed by atoms with Crippen LogP contribution in [0.4, 0.5) is 0 Å². The summed E-state index contributed by atoms with van der Waals surface area (Å²) in [4.78, 5) is 5.52. The molecule has 4 aromatic heterocycles. The Morgan fingerprint density at radius 2 is 1.02 bits per heavy atom. The number of fused-ring (bicyclic) bond motifs is 21. The molecule has 0 radical (unpaired) electrons. The predicted molar refractivity (Wildman–Crippen MR) is 252 cm³/mol. The second kappa shape index (κ2) is 11.5. The summed E-state index contributed by atoms with van der Waals surface area (Å²) in [6.45, 7) is 0. The monoisotopic (exact) mass is 788 g/mol. The van der Waals surface area contributed by atoms with Crippen LogP contribution in [0.5, 0.6) is 0 Å². The van der Waals surface area contributed by atoms with Crippen LogP contribution in [0.1, 0.15) is 22.3 Å². The molecule has 0 amide bonds. The first-order chi connectivity index (χ1) is 30.7. The maximum absolute atomic E-state index is 6.78. The number of hydrogen-bond acceptors (Lipinski definition) is 3. The SMILES string of the molecule is c1cc(-c2nc3ccccc3c3cc4c(cc23)-c2ccccc2C42c3ccccc3-c3ccccc32)cc(-n2c3cc4c(cc3c3c5ccccc5oc32)oc2ccccc24)c1. The minimum absolute atomic E-state index is 0.434. The molecule has 0 saturated heterocycles. The second-order valence-electron chi connectivity index (χ2n) is 16.9. The van der Waals surface area contributed by atoms with Crippen molar-refractivity contribution in [3.63, 3.8) is 0 Å². The normalized spacial score (nSPS) is 13.6. The smallest absolute Gasteiger partial charge is 0.213 e. The van der Waals surface area contributed by atoms with Crippen LogP contribution >= 0.6 is 0 Å². The van der Waals surface area contributed by atoms with E-state index >= 15 is 0 Å². The molecule has 0 saturated carbocycles. The summed E-state index contributed by atoms with van der Waals surface area (Å²) in [7, 11) is 0. The van der Waals surface area contributed by atoms with E-state index in [1.807, 2.05) is 18.2 Å². The Morgan fingerprint density at radius 3 is 1.77 bits per heavy atom. The molecule has 0 unspecified atom stereocenters. The van der Waals surface area contributed by atoms with Gasteiger partial charge in [-0.1, -0.05) is 140 Å². The van der Waals surface area contributed by atoms with Gasteiger partial charge in [-0.25, -0.2) is 4.98 Å². The first-order valence-electron chi connectivity index (χ1n) is 21.3. The lowest BCUT2D eigenvalue weighted by molar-refractivity contribution is 0.645. The summed E-state index contributed by atoms with van der Waals surface area (Å²) in [6, 6.07) is 70.5. The largest absolute Gasteiger partial charge is 0.456 e. The number of rotatable bonds is 2. The molecular weight excluding hydrogens is 757 g/mol. The van der Waals surface area contributed by atoms with Gasteiger partial charge in [-0.15, -0.1) is 0 Å². The highest BCUT2D eigenvalue weighted by molar-refractivity contribution is 6.23. The standard InChI is InChI=1S/C58H32N2O2/c1-7-22-46-35(16-1)36-17-2-8-23-47(36)58(46)48-24-9-3-18-37(48)42-29-44-41(30-49(42)58)38-19-4-10-25-50(38)59-56(44)33-14-13-15-34(28-33)60-51-31-43-39-20-5-11-26-52(39)61-54(43)32-45(51)55-40-21-6-12-27-53(40)62-57(55)60/h1-32H. The lowest BCUT2D eigenvalue weighted by Crippen LogP contribution is -2.25. The number of benzene rings is 9. The van der Waals surface area contributed by atoms with E-state index in [1.54, 1.807) is 0 Å². The number of para-hydroxylation sites is 3. The Balaban J connectivity index is 1.02. The fourth-order valence-corrected chi connectivity index (χ4v) is 11.5. The van der Waals surface area contributed by atoms with Crippen molar-refractivity contribution in [2.24, 2.45) is 0 Å². The van der Waals surface area contributed by atoms with Gasteiger partial charge in [0.25, 0.3) is 0 Å². The topological polar surface area (TPSA) is 44.1 Å². The molecule has 13 aromatic rings. The third-order valence-electron chi connectivity index (χ3n) is 14.0. The average Bonchev–Trinajstić information content (AvgIpc) is 4.11. The molecule has 0 fully saturated rings. The zero-order valence-corrected chi connectivity index (χ0v) is 33.2. The molecule has 0 aliphatic heterocycles. The second-order valence-corrected chi connectivity index (χ2v) is 16.9. The molecule has 4 nitrogen and oxygen atoms in total. The quantitative estimate of drug-likeness (QED) is 0.164. The van der Waals surface area contributed by atoms with Gasteiger partial charge >= 0.3 is 0 Å². The number of hydrogen-bond donors (Lipinski definition) is 0. The van der Waals surface area contributed by atoms with Gasteiger partial charge in [0, 0.05) is 43.6 Å². The average molecular weight is 789 g/mol. The molecule has 1 spiro atoms. The number of aromatic nitrogens is 2. The summed E-state index contributed by atoms with van der Waals surface area (Å²) in [5, 5.41) is 8.90. The Kier molecular flexibility index (Phi) is 6.07. The van der Waals surface area contributed by atoms with Crippen LogP contribution in [0, 0.1) is 0 Å². The van der Waals surface area contributed by atoms with E-state index in [1.165, 1.54) is 49.9 Å². The molecular formula is C58H32N2O2. The summed E-state index contributed by atoms with van der Waals surface area (Å²) in [6.07, 6.45) is 0. The maximum atomic E-state index is 6.78. The Morgan fingerprint density at radius 1 is 0.387 bits per heavy atom. The number of pyridine rings is 1. The minimum Gasteiger partial charge on any atom is -0.456 e. The highest BCUT2D eigenvalue weighted by Crippen LogP contribution is 2.63. The van der Waals surface area contributed by atoms with Crippen molar-refractivity contribution in [1.82, 2.24) is 9.55 Å². The molecule has 0 atom stereocenters. The molecule has 4 heteroatoms. The van der Waals surface area contributed by atoms with Gasteiger partial charge in [0.1, 0.15) is 16.7 Å². The van der Waals surface area contributed by atoms with Crippen LogP contribution in [-0.2, 0) is 5.41 Å². The Bertz CT molecular complexity index is 4080. The summed E-state index contributed by atoms with van der Waals surface area (Å²) < 4.78 is 15.5. The van der Waals surface area contributed by atoms with Gasteiger partial charge in [-0.2, -0.15) is 0 Å². The van der Waals surface area contributed by atoms with Crippen molar-refractivity contribution < 1.29 is 8.83 Å². The van der Waals surface area contributed by atoms with Crippen LogP contribution in [0.15, 0.2) is 203 Å². The molecule has 0 N–H and O–H groups in total. The Labute approximate surface area is 354 Å².